The fourth-order valence-corrected chi connectivity index (χ4v) is 3.77. The Morgan fingerprint density at radius 3 is 2.60 bits per heavy atom. The molecule has 2 aliphatic heterocycles. The number of para-hydroxylation sites is 1. The van der Waals surface area contributed by atoms with E-state index in [0.717, 1.165) is 18.8 Å². The van der Waals surface area contributed by atoms with Crippen molar-refractivity contribution in [2.24, 2.45) is 0 Å². The third kappa shape index (κ3) is 3.29. The number of aliphatic hydroxyl groups is 1. The SMILES string of the molecule is O=C(c1cn(-c2ccccc2)nn1)N1C[C@@H](O)[C@H](N2CCCCC2)C1. The van der Waals surface area contributed by atoms with Crippen LogP contribution in [-0.2, 0) is 0 Å². The van der Waals surface area contributed by atoms with E-state index >= 15 is 0 Å². The summed E-state index contributed by atoms with van der Waals surface area (Å²) in [5.41, 5.74) is 1.18. The van der Waals surface area contributed by atoms with Crippen LogP contribution in [0.15, 0.2) is 36.5 Å². The molecule has 3 heterocycles. The Kier molecular flexibility index (Phi) is 4.50. The molecule has 132 valence electrons. The summed E-state index contributed by atoms with van der Waals surface area (Å²) in [6, 6.07) is 9.62. The normalized spacial score (nSPS) is 24.6. The Balaban J connectivity index is 1.45. The molecular weight excluding hydrogens is 318 g/mol. The molecule has 0 aliphatic carbocycles. The largest absolute Gasteiger partial charge is 0.390 e. The minimum Gasteiger partial charge on any atom is -0.390 e. The van der Waals surface area contributed by atoms with E-state index in [2.05, 4.69) is 15.2 Å². The second kappa shape index (κ2) is 6.93. The van der Waals surface area contributed by atoms with Crippen molar-refractivity contribution in [1.29, 1.82) is 0 Å². The predicted molar refractivity (Wildman–Crippen MR) is 92.5 cm³/mol. The van der Waals surface area contributed by atoms with Gasteiger partial charge in [0, 0.05) is 13.1 Å². The molecule has 1 N–H and O–H groups in total. The molecule has 0 bridgehead atoms. The number of nitrogens with zero attached hydrogens (tertiary/aromatic N) is 5. The van der Waals surface area contributed by atoms with Crippen molar-refractivity contribution in [3.63, 3.8) is 0 Å². The van der Waals surface area contributed by atoms with Crippen LogP contribution in [0.4, 0.5) is 0 Å². The second-order valence-electron chi connectivity index (χ2n) is 6.83. The maximum atomic E-state index is 12.7. The first-order valence-corrected chi connectivity index (χ1v) is 8.91. The number of benzene rings is 1. The number of carbonyl (C=O) groups excluding carboxylic acids is 1. The van der Waals surface area contributed by atoms with Crippen molar-refractivity contribution in [3.8, 4) is 5.69 Å². The molecule has 2 saturated heterocycles. The summed E-state index contributed by atoms with van der Waals surface area (Å²) in [6.45, 7) is 2.93. The highest BCUT2D eigenvalue weighted by molar-refractivity contribution is 5.92. The molecule has 0 radical (unpaired) electrons. The summed E-state index contributed by atoms with van der Waals surface area (Å²) in [5.74, 6) is -0.166. The number of aromatic nitrogens is 3. The summed E-state index contributed by atoms with van der Waals surface area (Å²) in [6.07, 6.45) is 4.75. The molecule has 0 spiro atoms. The van der Waals surface area contributed by atoms with Crippen molar-refractivity contribution in [2.75, 3.05) is 26.2 Å². The molecule has 1 aromatic heterocycles. The first-order valence-electron chi connectivity index (χ1n) is 8.91. The van der Waals surface area contributed by atoms with Gasteiger partial charge in [-0.25, -0.2) is 4.68 Å². The zero-order chi connectivity index (χ0) is 17.2. The summed E-state index contributed by atoms with van der Waals surface area (Å²) >= 11 is 0. The van der Waals surface area contributed by atoms with Crippen LogP contribution < -0.4 is 0 Å². The molecule has 0 unspecified atom stereocenters. The number of β-amino-alcohol motifs (C(OH)–C–C–N with tert-alkyl or cyclic N) is 1. The summed E-state index contributed by atoms with van der Waals surface area (Å²) in [4.78, 5) is 16.8. The van der Waals surface area contributed by atoms with Gasteiger partial charge >= 0.3 is 0 Å². The fraction of sp³-hybridized carbons (Fsp3) is 0.500. The average Bonchev–Trinajstić information content (AvgIpc) is 3.30. The molecule has 4 rings (SSSR count). The van der Waals surface area contributed by atoms with Crippen LogP contribution in [0.1, 0.15) is 29.8 Å². The lowest BCUT2D eigenvalue weighted by Gasteiger charge is -2.33. The average molecular weight is 341 g/mol. The molecular formula is C18H23N5O2. The van der Waals surface area contributed by atoms with E-state index in [1.165, 1.54) is 19.3 Å². The van der Waals surface area contributed by atoms with E-state index in [-0.39, 0.29) is 11.9 Å². The lowest BCUT2D eigenvalue weighted by Crippen LogP contribution is -2.46. The van der Waals surface area contributed by atoms with Crippen LogP contribution in [-0.4, -0.2) is 74.1 Å². The van der Waals surface area contributed by atoms with Crippen LogP contribution in [0, 0.1) is 0 Å². The molecule has 2 fully saturated rings. The number of hydrogen-bond donors (Lipinski definition) is 1. The van der Waals surface area contributed by atoms with Crippen molar-refractivity contribution in [2.45, 2.75) is 31.4 Å². The molecule has 7 heteroatoms. The van der Waals surface area contributed by atoms with E-state index in [1.54, 1.807) is 15.8 Å². The van der Waals surface area contributed by atoms with Gasteiger partial charge in [0.05, 0.1) is 24.0 Å². The Morgan fingerprint density at radius 2 is 1.84 bits per heavy atom. The van der Waals surface area contributed by atoms with Crippen LogP contribution in [0.5, 0.6) is 0 Å². The second-order valence-corrected chi connectivity index (χ2v) is 6.83. The maximum absolute atomic E-state index is 12.7. The number of carbonyl (C=O) groups is 1. The minimum atomic E-state index is -0.494. The lowest BCUT2D eigenvalue weighted by atomic mass is 10.1. The van der Waals surface area contributed by atoms with Gasteiger partial charge in [-0.15, -0.1) is 5.10 Å². The highest BCUT2D eigenvalue weighted by Crippen LogP contribution is 2.22. The van der Waals surface area contributed by atoms with Gasteiger partial charge in [-0.1, -0.05) is 29.8 Å². The molecule has 0 saturated carbocycles. The third-order valence-electron chi connectivity index (χ3n) is 5.14. The topological polar surface area (TPSA) is 74.5 Å². The van der Waals surface area contributed by atoms with Crippen LogP contribution in [0.2, 0.25) is 0 Å². The van der Waals surface area contributed by atoms with E-state index < -0.39 is 6.10 Å². The predicted octanol–water partition coefficient (Wildman–Crippen LogP) is 0.938. The van der Waals surface area contributed by atoms with Crippen LogP contribution in [0.3, 0.4) is 0 Å². The van der Waals surface area contributed by atoms with Gasteiger partial charge < -0.3 is 10.0 Å². The quantitative estimate of drug-likeness (QED) is 0.899. The first kappa shape index (κ1) is 16.2. The fourth-order valence-electron chi connectivity index (χ4n) is 3.77. The number of amides is 1. The number of likely N-dealkylation sites (tertiary alicyclic amines) is 2. The van der Waals surface area contributed by atoms with E-state index in [1.807, 2.05) is 30.3 Å². The van der Waals surface area contributed by atoms with Crippen LogP contribution >= 0.6 is 0 Å². The molecule has 2 atom stereocenters. The van der Waals surface area contributed by atoms with Gasteiger partial charge in [0.15, 0.2) is 5.69 Å². The van der Waals surface area contributed by atoms with Crippen molar-refractivity contribution in [1.82, 2.24) is 24.8 Å². The number of rotatable bonds is 3. The Morgan fingerprint density at radius 1 is 1.08 bits per heavy atom. The van der Waals surface area contributed by atoms with Crippen molar-refractivity contribution < 1.29 is 9.90 Å². The molecule has 1 amide bonds. The molecule has 7 nitrogen and oxygen atoms in total. The standard InChI is InChI=1S/C18H23N5O2/c24-17-13-22(12-16(17)21-9-5-2-6-10-21)18(25)15-11-23(20-19-15)14-7-3-1-4-8-14/h1,3-4,7-8,11,16-17,24H,2,5-6,9-10,12-13H2/t16-,17-/m1/s1. The monoisotopic (exact) mass is 341 g/mol. The first-order chi connectivity index (χ1) is 12.2. The molecule has 25 heavy (non-hydrogen) atoms. The van der Waals surface area contributed by atoms with Gasteiger partial charge in [0.1, 0.15) is 0 Å². The zero-order valence-electron chi connectivity index (χ0n) is 14.2. The van der Waals surface area contributed by atoms with Gasteiger partial charge in [-0.2, -0.15) is 0 Å². The van der Waals surface area contributed by atoms with Gasteiger partial charge in [-0.05, 0) is 38.1 Å². The third-order valence-corrected chi connectivity index (χ3v) is 5.14. The van der Waals surface area contributed by atoms with Crippen molar-refractivity contribution in [3.05, 3.63) is 42.2 Å². The Bertz CT molecular complexity index is 726. The highest BCUT2D eigenvalue weighted by atomic mass is 16.3. The Hall–Kier alpha value is -2.25. The smallest absolute Gasteiger partial charge is 0.276 e. The minimum absolute atomic E-state index is 0.0356. The number of piperidine rings is 1. The van der Waals surface area contributed by atoms with Gasteiger partial charge in [0.25, 0.3) is 5.91 Å². The summed E-state index contributed by atoms with van der Waals surface area (Å²) < 4.78 is 1.60. The van der Waals surface area contributed by atoms with Gasteiger partial charge in [-0.3, -0.25) is 9.69 Å². The lowest BCUT2D eigenvalue weighted by molar-refractivity contribution is 0.0702. The summed E-state index contributed by atoms with van der Waals surface area (Å²) in [5, 5.41) is 18.5. The molecule has 2 aliphatic rings. The number of aliphatic hydroxyl groups excluding tert-OH is 1. The van der Waals surface area contributed by atoms with Crippen LogP contribution in [0.25, 0.3) is 5.69 Å². The Labute approximate surface area is 146 Å². The number of hydrogen-bond acceptors (Lipinski definition) is 5. The van der Waals surface area contributed by atoms with Gasteiger partial charge in [0.2, 0.25) is 0 Å². The highest BCUT2D eigenvalue weighted by Gasteiger charge is 2.38. The maximum Gasteiger partial charge on any atom is 0.276 e. The summed E-state index contributed by atoms with van der Waals surface area (Å²) in [7, 11) is 0. The molecule has 1 aromatic carbocycles. The van der Waals surface area contributed by atoms with E-state index in [0.29, 0.717) is 18.8 Å². The van der Waals surface area contributed by atoms with Crippen molar-refractivity contribution >= 4 is 5.91 Å². The van der Waals surface area contributed by atoms with E-state index in [4.69, 9.17) is 0 Å². The molecule has 2 aromatic rings. The zero-order valence-corrected chi connectivity index (χ0v) is 14.2. The van der Waals surface area contributed by atoms with E-state index in [9.17, 15) is 9.90 Å².